The van der Waals surface area contributed by atoms with Crippen LogP contribution in [0.25, 0.3) is 0 Å². The van der Waals surface area contributed by atoms with Gasteiger partial charge in [-0.1, -0.05) is 0 Å². The molecule has 22 heavy (non-hydrogen) atoms. The van der Waals surface area contributed by atoms with E-state index >= 15 is 0 Å². The van der Waals surface area contributed by atoms with Gasteiger partial charge in [-0.15, -0.1) is 0 Å². The first-order chi connectivity index (χ1) is 10.4. The van der Waals surface area contributed by atoms with Crippen molar-refractivity contribution < 1.29 is 19.0 Å². The molecule has 0 aromatic carbocycles. The van der Waals surface area contributed by atoms with Crippen molar-refractivity contribution in [3.63, 3.8) is 0 Å². The lowest BCUT2D eigenvalue weighted by Gasteiger charge is -2.40. The van der Waals surface area contributed by atoms with E-state index in [1.165, 1.54) is 0 Å². The highest BCUT2D eigenvalue weighted by Crippen LogP contribution is 2.23. The van der Waals surface area contributed by atoms with Crippen molar-refractivity contribution in [1.82, 2.24) is 9.88 Å². The Labute approximate surface area is 131 Å². The molecule has 0 N–H and O–H groups in total. The largest absolute Gasteiger partial charge is 0.492 e. The molecule has 1 amide bonds. The fourth-order valence-electron chi connectivity index (χ4n) is 2.09. The third-order valence-electron chi connectivity index (χ3n) is 3.21. The second-order valence-corrected chi connectivity index (χ2v) is 6.22. The Hall–Kier alpha value is -1.98. The van der Waals surface area contributed by atoms with Gasteiger partial charge < -0.3 is 19.1 Å². The Morgan fingerprint density at radius 1 is 1.32 bits per heavy atom. The average Bonchev–Trinajstić information content (AvgIpc) is 2.36. The Bertz CT molecular complexity index is 513. The van der Waals surface area contributed by atoms with Gasteiger partial charge in [0.2, 0.25) is 0 Å². The van der Waals surface area contributed by atoms with Crippen LogP contribution in [0.2, 0.25) is 0 Å². The lowest BCUT2D eigenvalue weighted by Crippen LogP contribution is -2.55. The minimum atomic E-state index is -0.478. The zero-order valence-electron chi connectivity index (χ0n) is 13.7. The maximum Gasteiger partial charge on any atom is 0.410 e. The molecule has 0 unspecified atom stereocenters. The van der Waals surface area contributed by atoms with Gasteiger partial charge in [0.05, 0.1) is 25.0 Å². The minimum absolute atomic E-state index is 0.0469. The van der Waals surface area contributed by atoms with E-state index in [0.29, 0.717) is 31.3 Å². The topological polar surface area (TPSA) is 60.9 Å². The van der Waals surface area contributed by atoms with Crippen molar-refractivity contribution >= 4 is 6.09 Å². The molecule has 1 aromatic rings. The van der Waals surface area contributed by atoms with Crippen LogP contribution in [-0.2, 0) is 4.74 Å². The maximum absolute atomic E-state index is 12.0. The zero-order chi connectivity index (χ0) is 16.2. The molecule has 0 aliphatic carbocycles. The monoisotopic (exact) mass is 308 g/mol. The number of hydrogen-bond acceptors (Lipinski definition) is 5. The Kier molecular flexibility index (Phi) is 5.11. The lowest BCUT2D eigenvalue weighted by molar-refractivity contribution is -0.0141. The van der Waals surface area contributed by atoms with Crippen LogP contribution in [0, 0.1) is 0 Å². The maximum atomic E-state index is 12.0. The molecule has 1 aliphatic heterocycles. The van der Waals surface area contributed by atoms with Crippen LogP contribution in [0.3, 0.4) is 0 Å². The first-order valence-corrected chi connectivity index (χ1v) is 7.59. The molecule has 0 saturated carbocycles. The van der Waals surface area contributed by atoms with E-state index in [1.54, 1.807) is 23.4 Å². The second-order valence-electron chi connectivity index (χ2n) is 6.22. The van der Waals surface area contributed by atoms with Crippen LogP contribution >= 0.6 is 0 Å². The summed E-state index contributed by atoms with van der Waals surface area (Å²) in [7, 11) is 0. The predicted octanol–water partition coefficient (Wildman–Crippen LogP) is 2.87. The lowest BCUT2D eigenvalue weighted by atomic mass is 10.1. The molecule has 1 atom stereocenters. The van der Waals surface area contributed by atoms with Gasteiger partial charge in [-0.05, 0) is 34.1 Å². The van der Waals surface area contributed by atoms with E-state index in [1.807, 2.05) is 27.7 Å². The van der Waals surface area contributed by atoms with Crippen LogP contribution in [0.15, 0.2) is 18.5 Å². The number of nitrogens with zero attached hydrogens (tertiary/aromatic N) is 2. The summed E-state index contributed by atoms with van der Waals surface area (Å²) in [5.41, 5.74) is -0.478. The van der Waals surface area contributed by atoms with E-state index < -0.39 is 5.60 Å². The molecule has 6 heteroatoms. The highest BCUT2D eigenvalue weighted by Gasteiger charge is 2.35. The molecule has 0 radical (unpaired) electrons. The molecule has 2 rings (SSSR count). The number of amides is 1. The van der Waals surface area contributed by atoms with E-state index in [4.69, 9.17) is 14.2 Å². The Balaban J connectivity index is 1.84. The Morgan fingerprint density at radius 3 is 2.55 bits per heavy atom. The van der Waals surface area contributed by atoms with Crippen LogP contribution < -0.4 is 9.47 Å². The summed E-state index contributed by atoms with van der Waals surface area (Å²) in [6.45, 7) is 9.22. The molecule has 1 saturated heterocycles. The van der Waals surface area contributed by atoms with Crippen molar-refractivity contribution in [1.29, 1.82) is 0 Å². The highest BCUT2D eigenvalue weighted by atomic mass is 16.6. The van der Waals surface area contributed by atoms with Gasteiger partial charge in [0, 0.05) is 12.6 Å². The summed E-state index contributed by atoms with van der Waals surface area (Å²) in [5.74, 6) is 1.32. The molecule has 0 spiro atoms. The fraction of sp³-hybridized carbons (Fsp3) is 0.625. The molecule has 1 aromatic heterocycles. The van der Waals surface area contributed by atoms with Gasteiger partial charge in [0.1, 0.15) is 23.7 Å². The van der Waals surface area contributed by atoms with E-state index in [-0.39, 0.29) is 12.1 Å². The number of ether oxygens (including phenoxy) is 3. The standard InChI is InChI=1S/C16H24N2O4/c1-5-20-13-8-14(10-17-9-13)21-11-12-6-7-18(12)15(19)22-16(2,3)4/h8-10,12H,5-7,11H2,1-4H3/t12-/m0/s1. The van der Waals surface area contributed by atoms with Gasteiger partial charge in [0.15, 0.2) is 0 Å². The second kappa shape index (κ2) is 6.85. The molecule has 0 bridgehead atoms. The predicted molar refractivity (Wildman–Crippen MR) is 82.2 cm³/mol. The number of pyridine rings is 1. The van der Waals surface area contributed by atoms with Gasteiger partial charge in [-0.3, -0.25) is 4.98 Å². The molecule has 1 aliphatic rings. The van der Waals surface area contributed by atoms with Crippen LogP contribution in [0.4, 0.5) is 4.79 Å². The summed E-state index contributed by atoms with van der Waals surface area (Å²) < 4.78 is 16.5. The first kappa shape index (κ1) is 16.4. The molecule has 2 heterocycles. The number of carbonyl (C=O) groups is 1. The molecular weight excluding hydrogens is 284 g/mol. The van der Waals surface area contributed by atoms with Gasteiger partial charge in [-0.2, -0.15) is 0 Å². The summed E-state index contributed by atoms with van der Waals surface area (Å²) >= 11 is 0. The van der Waals surface area contributed by atoms with Gasteiger partial charge in [-0.25, -0.2) is 4.79 Å². The average molecular weight is 308 g/mol. The minimum Gasteiger partial charge on any atom is -0.492 e. The van der Waals surface area contributed by atoms with Crippen molar-refractivity contribution in [3.05, 3.63) is 18.5 Å². The zero-order valence-corrected chi connectivity index (χ0v) is 13.7. The van der Waals surface area contributed by atoms with Crippen molar-refractivity contribution in [2.75, 3.05) is 19.8 Å². The van der Waals surface area contributed by atoms with E-state index in [2.05, 4.69) is 4.98 Å². The number of rotatable bonds is 5. The third-order valence-corrected chi connectivity index (χ3v) is 3.21. The molecular formula is C16H24N2O4. The molecule has 6 nitrogen and oxygen atoms in total. The van der Waals surface area contributed by atoms with Crippen LogP contribution in [-0.4, -0.2) is 47.4 Å². The van der Waals surface area contributed by atoms with Crippen LogP contribution in [0.5, 0.6) is 11.5 Å². The Morgan fingerprint density at radius 2 is 2.00 bits per heavy atom. The third kappa shape index (κ3) is 4.51. The number of aromatic nitrogens is 1. The summed E-state index contributed by atoms with van der Waals surface area (Å²) in [6, 6.07) is 1.85. The van der Waals surface area contributed by atoms with Gasteiger partial charge >= 0.3 is 6.09 Å². The summed E-state index contributed by atoms with van der Waals surface area (Å²) in [6.07, 6.45) is 3.91. The highest BCUT2D eigenvalue weighted by molar-refractivity contribution is 5.69. The number of likely N-dealkylation sites (tertiary alicyclic amines) is 1. The molecule has 122 valence electrons. The number of carbonyl (C=O) groups excluding carboxylic acids is 1. The fourth-order valence-corrected chi connectivity index (χ4v) is 2.09. The van der Waals surface area contributed by atoms with E-state index in [9.17, 15) is 4.79 Å². The smallest absolute Gasteiger partial charge is 0.410 e. The SMILES string of the molecule is CCOc1cncc(OC[C@@H]2CCN2C(=O)OC(C)(C)C)c1. The van der Waals surface area contributed by atoms with Crippen molar-refractivity contribution in [2.45, 2.75) is 45.8 Å². The van der Waals surface area contributed by atoms with E-state index in [0.717, 1.165) is 6.42 Å². The quantitative estimate of drug-likeness (QED) is 0.837. The number of hydrogen-bond donors (Lipinski definition) is 0. The summed E-state index contributed by atoms with van der Waals surface area (Å²) in [5, 5.41) is 0. The van der Waals surface area contributed by atoms with Crippen molar-refractivity contribution in [2.24, 2.45) is 0 Å². The summed E-state index contributed by atoms with van der Waals surface area (Å²) in [4.78, 5) is 17.8. The van der Waals surface area contributed by atoms with Crippen LogP contribution in [0.1, 0.15) is 34.1 Å². The van der Waals surface area contributed by atoms with Crippen molar-refractivity contribution in [3.8, 4) is 11.5 Å². The van der Waals surface area contributed by atoms with Gasteiger partial charge in [0.25, 0.3) is 0 Å². The first-order valence-electron chi connectivity index (χ1n) is 7.59. The molecule has 1 fully saturated rings. The normalized spacial score (nSPS) is 17.6.